The van der Waals surface area contributed by atoms with Crippen molar-refractivity contribution in [1.82, 2.24) is 0 Å². The summed E-state index contributed by atoms with van der Waals surface area (Å²) in [5.74, 6) is 0.233. The van der Waals surface area contributed by atoms with E-state index in [0.29, 0.717) is 6.54 Å². The molecule has 0 saturated carbocycles. The van der Waals surface area contributed by atoms with Crippen LogP contribution in [0, 0.1) is 5.92 Å². The zero-order valence-corrected chi connectivity index (χ0v) is 10.9. The summed E-state index contributed by atoms with van der Waals surface area (Å²) in [5, 5.41) is 10.4. The van der Waals surface area contributed by atoms with Crippen LogP contribution in [0.4, 0.5) is 11.4 Å². The topological polar surface area (TPSA) is 49.5 Å². The van der Waals surface area contributed by atoms with Gasteiger partial charge >= 0.3 is 0 Å². The van der Waals surface area contributed by atoms with Gasteiger partial charge in [0.15, 0.2) is 0 Å². The number of para-hydroxylation sites is 1. The van der Waals surface area contributed by atoms with Crippen molar-refractivity contribution in [2.75, 3.05) is 23.7 Å². The minimum Gasteiger partial charge on any atom is -0.397 e. The molecule has 3 heteroatoms. The molecule has 0 saturated heterocycles. The zero-order chi connectivity index (χ0) is 12.6. The average Bonchev–Trinajstić information content (AvgIpc) is 2.62. The molecule has 2 rings (SSSR count). The Hall–Kier alpha value is -1.22. The van der Waals surface area contributed by atoms with E-state index in [0.717, 1.165) is 24.3 Å². The largest absolute Gasteiger partial charge is 0.397 e. The predicted molar refractivity (Wildman–Crippen MR) is 72.2 cm³/mol. The molecule has 0 aromatic heterocycles. The van der Waals surface area contributed by atoms with Crippen LogP contribution in [0.15, 0.2) is 18.2 Å². The molecule has 0 radical (unpaired) electrons. The summed E-state index contributed by atoms with van der Waals surface area (Å²) >= 11 is 0. The highest BCUT2D eigenvalue weighted by molar-refractivity contribution is 5.74. The minimum atomic E-state index is -0.677. The van der Waals surface area contributed by atoms with Gasteiger partial charge in [0.05, 0.1) is 17.0 Å². The summed E-state index contributed by atoms with van der Waals surface area (Å²) in [6.45, 7) is 7.59. The fraction of sp³-hybridized carbons (Fsp3) is 0.571. The maximum absolute atomic E-state index is 10.4. The number of aliphatic hydroxyl groups is 1. The van der Waals surface area contributed by atoms with Gasteiger partial charge in [0.25, 0.3) is 0 Å². The lowest BCUT2D eigenvalue weighted by Crippen LogP contribution is -2.44. The molecule has 1 aromatic carbocycles. The molecule has 0 fully saturated rings. The van der Waals surface area contributed by atoms with Gasteiger partial charge in [0.1, 0.15) is 0 Å². The maximum Gasteiger partial charge on any atom is 0.0816 e. The smallest absolute Gasteiger partial charge is 0.0816 e. The lowest BCUT2D eigenvalue weighted by Gasteiger charge is -2.34. The second-order valence-electron chi connectivity index (χ2n) is 5.54. The summed E-state index contributed by atoms with van der Waals surface area (Å²) in [4.78, 5) is 2.21. The van der Waals surface area contributed by atoms with Crippen LogP contribution in [0.5, 0.6) is 0 Å². The van der Waals surface area contributed by atoms with Gasteiger partial charge in [-0.3, -0.25) is 0 Å². The van der Waals surface area contributed by atoms with Crippen LogP contribution >= 0.6 is 0 Å². The van der Waals surface area contributed by atoms with Gasteiger partial charge in [0.2, 0.25) is 0 Å². The number of nitrogens with two attached hydrogens (primary N) is 1. The van der Waals surface area contributed by atoms with Gasteiger partial charge in [-0.15, -0.1) is 0 Å². The van der Waals surface area contributed by atoms with Crippen molar-refractivity contribution in [3.63, 3.8) is 0 Å². The van der Waals surface area contributed by atoms with Crippen molar-refractivity contribution in [2.45, 2.75) is 32.8 Å². The number of nitrogen functional groups attached to an aromatic ring is 1. The summed E-state index contributed by atoms with van der Waals surface area (Å²) in [7, 11) is 0. The van der Waals surface area contributed by atoms with Crippen LogP contribution in [-0.2, 0) is 6.42 Å². The molecule has 0 spiro atoms. The molecular formula is C14H22N2O. The van der Waals surface area contributed by atoms with Gasteiger partial charge in [0, 0.05) is 13.1 Å². The number of hydrogen-bond donors (Lipinski definition) is 2. The van der Waals surface area contributed by atoms with Gasteiger partial charge < -0.3 is 15.7 Å². The monoisotopic (exact) mass is 234 g/mol. The Morgan fingerprint density at radius 2 is 2.18 bits per heavy atom. The van der Waals surface area contributed by atoms with Crippen molar-refractivity contribution in [1.29, 1.82) is 0 Å². The summed E-state index contributed by atoms with van der Waals surface area (Å²) in [5.41, 5.74) is 8.59. The molecule has 0 aliphatic carbocycles. The second kappa shape index (κ2) is 4.22. The van der Waals surface area contributed by atoms with E-state index in [9.17, 15) is 5.11 Å². The van der Waals surface area contributed by atoms with E-state index in [4.69, 9.17) is 5.73 Å². The standard InChI is InChI=1S/C14H22N2O/c1-10(2)14(3,17)9-16-8-7-11-5-4-6-12(15)13(11)16/h4-6,10,17H,7-9,15H2,1-3H3. The average molecular weight is 234 g/mol. The van der Waals surface area contributed by atoms with E-state index in [-0.39, 0.29) is 5.92 Å². The maximum atomic E-state index is 10.4. The number of benzene rings is 1. The van der Waals surface area contributed by atoms with E-state index in [1.807, 2.05) is 32.9 Å². The van der Waals surface area contributed by atoms with Crippen molar-refractivity contribution in [3.8, 4) is 0 Å². The minimum absolute atomic E-state index is 0.233. The van der Waals surface area contributed by atoms with E-state index in [1.54, 1.807) is 0 Å². The Bertz CT molecular complexity index is 413. The molecule has 1 aliphatic rings. The molecule has 1 heterocycles. The first kappa shape index (κ1) is 12.2. The second-order valence-corrected chi connectivity index (χ2v) is 5.54. The third-order valence-corrected chi connectivity index (χ3v) is 3.87. The number of nitrogens with zero attached hydrogens (tertiary/aromatic N) is 1. The van der Waals surface area contributed by atoms with E-state index in [1.165, 1.54) is 5.56 Å². The number of anilines is 2. The molecule has 1 atom stereocenters. The molecule has 0 bridgehead atoms. The molecular weight excluding hydrogens is 212 g/mol. The molecule has 17 heavy (non-hydrogen) atoms. The van der Waals surface area contributed by atoms with Crippen LogP contribution in [0.25, 0.3) is 0 Å². The van der Waals surface area contributed by atoms with Crippen molar-refractivity contribution in [3.05, 3.63) is 23.8 Å². The van der Waals surface area contributed by atoms with Crippen LogP contribution in [-0.4, -0.2) is 23.8 Å². The zero-order valence-electron chi connectivity index (χ0n) is 10.9. The highest BCUT2D eigenvalue weighted by Crippen LogP contribution is 2.35. The van der Waals surface area contributed by atoms with Crippen LogP contribution in [0.3, 0.4) is 0 Å². The Kier molecular flexibility index (Phi) is 3.04. The Labute approximate surface area is 103 Å². The number of fused-ring (bicyclic) bond motifs is 1. The Balaban J connectivity index is 2.23. The molecule has 1 aromatic rings. The fourth-order valence-electron chi connectivity index (χ4n) is 2.29. The highest BCUT2D eigenvalue weighted by Gasteiger charge is 2.31. The third kappa shape index (κ3) is 2.25. The van der Waals surface area contributed by atoms with E-state index in [2.05, 4.69) is 11.0 Å². The van der Waals surface area contributed by atoms with Crippen molar-refractivity contribution < 1.29 is 5.11 Å². The quantitative estimate of drug-likeness (QED) is 0.787. The van der Waals surface area contributed by atoms with Gasteiger partial charge in [-0.25, -0.2) is 0 Å². The van der Waals surface area contributed by atoms with Gasteiger partial charge in [-0.05, 0) is 30.9 Å². The molecule has 3 nitrogen and oxygen atoms in total. The lowest BCUT2D eigenvalue weighted by molar-refractivity contribution is 0.0210. The first-order chi connectivity index (χ1) is 7.92. The molecule has 3 N–H and O–H groups in total. The first-order valence-corrected chi connectivity index (χ1v) is 6.26. The predicted octanol–water partition coefficient (Wildman–Crippen LogP) is 2.04. The van der Waals surface area contributed by atoms with Crippen molar-refractivity contribution >= 4 is 11.4 Å². The Morgan fingerprint density at radius 3 is 2.82 bits per heavy atom. The lowest BCUT2D eigenvalue weighted by atomic mass is 9.92. The summed E-state index contributed by atoms with van der Waals surface area (Å²) < 4.78 is 0. The number of hydrogen-bond acceptors (Lipinski definition) is 3. The molecule has 94 valence electrons. The molecule has 1 aliphatic heterocycles. The highest BCUT2D eigenvalue weighted by atomic mass is 16.3. The number of β-amino-alcohol motifs (C(OH)–C–C–N with tert-alkyl or cyclic N) is 1. The van der Waals surface area contributed by atoms with Gasteiger partial charge in [-0.2, -0.15) is 0 Å². The van der Waals surface area contributed by atoms with E-state index >= 15 is 0 Å². The van der Waals surface area contributed by atoms with Crippen LogP contribution in [0.1, 0.15) is 26.3 Å². The fourth-order valence-corrected chi connectivity index (χ4v) is 2.29. The molecule has 1 unspecified atom stereocenters. The van der Waals surface area contributed by atoms with E-state index < -0.39 is 5.60 Å². The van der Waals surface area contributed by atoms with Gasteiger partial charge in [-0.1, -0.05) is 26.0 Å². The summed E-state index contributed by atoms with van der Waals surface area (Å²) in [6, 6.07) is 6.05. The third-order valence-electron chi connectivity index (χ3n) is 3.87. The normalized spacial score (nSPS) is 18.3. The van der Waals surface area contributed by atoms with Crippen LogP contribution < -0.4 is 10.6 Å². The Morgan fingerprint density at radius 1 is 1.47 bits per heavy atom. The van der Waals surface area contributed by atoms with Crippen molar-refractivity contribution in [2.24, 2.45) is 5.92 Å². The van der Waals surface area contributed by atoms with Crippen LogP contribution in [0.2, 0.25) is 0 Å². The SMILES string of the molecule is CC(C)C(C)(O)CN1CCc2cccc(N)c21. The molecule has 0 amide bonds. The first-order valence-electron chi connectivity index (χ1n) is 6.26. The number of rotatable bonds is 3. The summed E-state index contributed by atoms with van der Waals surface area (Å²) in [6.07, 6.45) is 1.02.